The summed E-state index contributed by atoms with van der Waals surface area (Å²) in [5.74, 6) is 0. The van der Waals surface area contributed by atoms with Gasteiger partial charge in [0.25, 0.3) is 0 Å². The van der Waals surface area contributed by atoms with Crippen molar-refractivity contribution in [2.75, 3.05) is 0 Å². The Kier molecular flexibility index (Phi) is 2.80. The normalized spacial score (nSPS) is 29.5. The van der Waals surface area contributed by atoms with Crippen LogP contribution in [0, 0.1) is 0 Å². The minimum absolute atomic E-state index is 0.172. The van der Waals surface area contributed by atoms with Crippen molar-refractivity contribution < 1.29 is 0 Å². The fourth-order valence-corrected chi connectivity index (χ4v) is 5.69. The summed E-state index contributed by atoms with van der Waals surface area (Å²) in [6.45, 7) is 13.4. The third-order valence-electron chi connectivity index (χ3n) is 3.32. The molecule has 0 saturated heterocycles. The molecule has 1 atom stereocenters. The molecule has 0 bridgehead atoms. The molecule has 0 heterocycles. The zero-order valence-electron chi connectivity index (χ0n) is 9.46. The van der Waals surface area contributed by atoms with Crippen molar-refractivity contribution in [3.63, 3.8) is 0 Å². The zero-order valence-corrected chi connectivity index (χ0v) is 11.4. The summed E-state index contributed by atoms with van der Waals surface area (Å²) >= 11 is 6.59. The van der Waals surface area contributed by atoms with E-state index in [-0.39, 0.29) is 4.87 Å². The third kappa shape index (κ3) is 1.53. The first-order valence-electron chi connectivity index (χ1n) is 4.88. The smallest absolute Gasteiger partial charge is 0.0807 e. The fourth-order valence-electron chi connectivity index (χ4n) is 2.36. The van der Waals surface area contributed by atoms with Gasteiger partial charge in [-0.25, -0.2) is 0 Å². The molecule has 0 saturated carbocycles. The summed E-state index contributed by atoms with van der Waals surface area (Å²) in [6, 6.07) is 0. The van der Waals surface area contributed by atoms with Gasteiger partial charge in [-0.2, -0.15) is 0 Å². The molecule has 1 unspecified atom stereocenters. The van der Waals surface area contributed by atoms with Crippen molar-refractivity contribution >= 4 is 20.4 Å². The molecular weight excluding hydrogens is 196 g/mol. The van der Waals surface area contributed by atoms with Crippen LogP contribution in [0.3, 0.4) is 0 Å². The first-order chi connectivity index (χ1) is 5.80. The topological polar surface area (TPSA) is 0 Å². The van der Waals surface area contributed by atoms with E-state index < -0.39 is 8.80 Å². The highest BCUT2D eigenvalue weighted by molar-refractivity contribution is 6.67. The van der Waals surface area contributed by atoms with Crippen LogP contribution in [0.5, 0.6) is 0 Å². The average molecular weight is 215 g/mol. The van der Waals surface area contributed by atoms with Gasteiger partial charge in [-0.1, -0.05) is 23.9 Å². The lowest BCUT2D eigenvalue weighted by Gasteiger charge is -2.25. The second kappa shape index (κ2) is 3.29. The highest BCUT2D eigenvalue weighted by atomic mass is 35.5. The van der Waals surface area contributed by atoms with Gasteiger partial charge in [0, 0.05) is 0 Å². The summed E-state index contributed by atoms with van der Waals surface area (Å²) in [5, 5.41) is 1.53. The molecule has 74 valence electrons. The highest BCUT2D eigenvalue weighted by Gasteiger charge is 2.37. The lowest BCUT2D eigenvalue weighted by Crippen LogP contribution is -2.26. The first kappa shape index (κ1) is 11.1. The Morgan fingerprint density at radius 2 is 1.54 bits per heavy atom. The maximum absolute atomic E-state index is 6.59. The standard InChI is InChI=1S/C11H19ClSi/c1-7-8(2)10(13(5)6)11(4,12)9(7)3/h13H,1-6H3. The van der Waals surface area contributed by atoms with Gasteiger partial charge in [0.05, 0.1) is 13.7 Å². The Morgan fingerprint density at radius 3 is 1.69 bits per heavy atom. The molecule has 0 radical (unpaired) electrons. The second-order valence-electron chi connectivity index (χ2n) is 4.45. The molecule has 0 N–H and O–H groups in total. The predicted molar refractivity (Wildman–Crippen MR) is 64.2 cm³/mol. The van der Waals surface area contributed by atoms with Gasteiger partial charge in [-0.3, -0.25) is 0 Å². The van der Waals surface area contributed by atoms with Gasteiger partial charge >= 0.3 is 0 Å². The van der Waals surface area contributed by atoms with Crippen molar-refractivity contribution in [3.8, 4) is 0 Å². The van der Waals surface area contributed by atoms with E-state index in [0.29, 0.717) is 0 Å². The van der Waals surface area contributed by atoms with Gasteiger partial charge in [-0.05, 0) is 38.8 Å². The summed E-state index contributed by atoms with van der Waals surface area (Å²) < 4.78 is 0. The van der Waals surface area contributed by atoms with Crippen molar-refractivity contribution in [1.29, 1.82) is 0 Å². The van der Waals surface area contributed by atoms with E-state index in [4.69, 9.17) is 11.6 Å². The highest BCUT2D eigenvalue weighted by Crippen LogP contribution is 2.45. The number of hydrogen-bond donors (Lipinski definition) is 0. The zero-order chi connectivity index (χ0) is 10.4. The minimum Gasteiger partial charge on any atom is -0.110 e. The lowest BCUT2D eigenvalue weighted by atomic mass is 10.0. The number of allylic oxidation sites excluding steroid dienone is 4. The van der Waals surface area contributed by atoms with Gasteiger partial charge in [0.15, 0.2) is 0 Å². The van der Waals surface area contributed by atoms with Crippen LogP contribution in [0.15, 0.2) is 21.9 Å². The molecule has 0 aromatic carbocycles. The van der Waals surface area contributed by atoms with Crippen LogP contribution in [0.1, 0.15) is 27.7 Å². The maximum Gasteiger partial charge on any atom is 0.0807 e. The minimum atomic E-state index is -0.777. The van der Waals surface area contributed by atoms with Crippen LogP contribution in [0.4, 0.5) is 0 Å². The van der Waals surface area contributed by atoms with Crippen molar-refractivity contribution in [2.24, 2.45) is 0 Å². The van der Waals surface area contributed by atoms with E-state index in [0.717, 1.165) is 0 Å². The van der Waals surface area contributed by atoms with Crippen molar-refractivity contribution in [3.05, 3.63) is 21.9 Å². The quantitative estimate of drug-likeness (QED) is 0.462. The van der Waals surface area contributed by atoms with Crippen molar-refractivity contribution in [2.45, 2.75) is 45.7 Å². The first-order valence-corrected chi connectivity index (χ1v) is 8.15. The average Bonchev–Trinajstić information content (AvgIpc) is 2.12. The Labute approximate surface area is 88.3 Å². The molecule has 1 rings (SSSR count). The van der Waals surface area contributed by atoms with Crippen LogP contribution >= 0.6 is 11.6 Å². The van der Waals surface area contributed by atoms with Crippen LogP contribution in [-0.4, -0.2) is 13.7 Å². The number of rotatable bonds is 1. The number of halogens is 1. The predicted octanol–water partition coefficient (Wildman–Crippen LogP) is 3.68. The molecule has 0 aromatic rings. The number of hydrogen-bond acceptors (Lipinski definition) is 0. The fraction of sp³-hybridized carbons (Fsp3) is 0.636. The van der Waals surface area contributed by atoms with E-state index in [1.807, 2.05) is 0 Å². The Morgan fingerprint density at radius 1 is 1.08 bits per heavy atom. The van der Waals surface area contributed by atoms with Crippen LogP contribution in [0.25, 0.3) is 0 Å². The molecule has 0 spiro atoms. The van der Waals surface area contributed by atoms with Gasteiger partial charge < -0.3 is 0 Å². The van der Waals surface area contributed by atoms with Gasteiger partial charge in [0.1, 0.15) is 0 Å². The Bertz CT molecular complexity index is 295. The molecule has 1 aliphatic rings. The van der Waals surface area contributed by atoms with Gasteiger partial charge in [0.2, 0.25) is 0 Å². The summed E-state index contributed by atoms with van der Waals surface area (Å²) in [4.78, 5) is -0.172. The molecule has 2 heteroatoms. The Hall–Kier alpha value is -0.0131. The van der Waals surface area contributed by atoms with E-state index in [1.54, 1.807) is 0 Å². The van der Waals surface area contributed by atoms with Gasteiger partial charge in [-0.15, -0.1) is 11.6 Å². The van der Waals surface area contributed by atoms with Crippen LogP contribution < -0.4 is 0 Å². The molecule has 0 nitrogen and oxygen atoms in total. The van der Waals surface area contributed by atoms with E-state index in [2.05, 4.69) is 40.8 Å². The molecule has 1 aliphatic carbocycles. The lowest BCUT2D eigenvalue weighted by molar-refractivity contribution is 0.899. The molecule has 0 aromatic heterocycles. The van der Waals surface area contributed by atoms with Crippen LogP contribution in [0.2, 0.25) is 13.1 Å². The molecule has 0 amide bonds. The molecular formula is C11H19ClSi. The van der Waals surface area contributed by atoms with E-state index in [1.165, 1.54) is 21.9 Å². The third-order valence-corrected chi connectivity index (χ3v) is 6.15. The molecule has 0 fully saturated rings. The SMILES string of the molecule is CC1=C(C)C(C)(Cl)C([SiH](C)C)=C1C. The molecule has 13 heavy (non-hydrogen) atoms. The molecule has 0 aliphatic heterocycles. The number of alkyl halides is 1. The monoisotopic (exact) mass is 214 g/mol. The Balaban J connectivity index is 3.28. The van der Waals surface area contributed by atoms with Crippen LogP contribution in [-0.2, 0) is 0 Å². The summed E-state index contributed by atoms with van der Waals surface area (Å²) in [6.07, 6.45) is 0. The van der Waals surface area contributed by atoms with E-state index in [9.17, 15) is 0 Å². The van der Waals surface area contributed by atoms with Crippen molar-refractivity contribution in [1.82, 2.24) is 0 Å². The largest absolute Gasteiger partial charge is 0.110 e. The maximum atomic E-state index is 6.59. The second-order valence-corrected chi connectivity index (χ2v) is 8.09. The van der Waals surface area contributed by atoms with E-state index >= 15 is 0 Å². The summed E-state index contributed by atoms with van der Waals surface area (Å²) in [5.41, 5.74) is 4.22. The summed E-state index contributed by atoms with van der Waals surface area (Å²) in [7, 11) is -0.777.